The Morgan fingerprint density at radius 2 is 1.89 bits per heavy atom. The molecule has 0 aliphatic carbocycles. The lowest BCUT2D eigenvalue weighted by molar-refractivity contribution is 0.1000. The molecule has 0 saturated carbocycles. The minimum absolute atomic E-state index is 0.0716. The molecule has 3 aromatic rings. The third-order valence-corrected chi connectivity index (χ3v) is 3.99. The first-order valence-electron chi connectivity index (χ1n) is 8.58. The Kier molecular flexibility index (Phi) is 6.12. The van der Waals surface area contributed by atoms with Gasteiger partial charge in [0.15, 0.2) is 11.6 Å². The number of halogens is 1. The van der Waals surface area contributed by atoms with E-state index in [9.17, 15) is 9.18 Å². The van der Waals surface area contributed by atoms with Gasteiger partial charge in [-0.05, 0) is 42.3 Å². The highest BCUT2D eigenvalue weighted by Gasteiger charge is 2.08. The van der Waals surface area contributed by atoms with Crippen LogP contribution < -0.4 is 15.8 Å². The number of benzene rings is 2. The largest absolute Gasteiger partial charge is 0.436 e. The van der Waals surface area contributed by atoms with Crippen LogP contribution >= 0.6 is 0 Å². The zero-order valence-electron chi connectivity index (χ0n) is 14.7. The number of carbonyl (C=O) groups is 1. The van der Waals surface area contributed by atoms with E-state index in [-0.39, 0.29) is 17.2 Å². The normalized spacial score (nSPS) is 10.6. The summed E-state index contributed by atoms with van der Waals surface area (Å²) in [5.74, 6) is -0.794. The molecule has 1 heterocycles. The molecule has 27 heavy (non-hydrogen) atoms. The lowest BCUT2D eigenvalue weighted by Crippen LogP contribution is -2.16. The number of pyridine rings is 1. The average Bonchev–Trinajstić information content (AvgIpc) is 2.68. The predicted molar refractivity (Wildman–Crippen MR) is 101 cm³/mol. The number of hydrogen-bond acceptors (Lipinski definition) is 4. The van der Waals surface area contributed by atoms with Crippen LogP contribution in [0.1, 0.15) is 21.5 Å². The second-order valence-electron chi connectivity index (χ2n) is 6.03. The summed E-state index contributed by atoms with van der Waals surface area (Å²) in [6.45, 7) is 1.37. The smallest absolute Gasteiger partial charge is 0.250 e. The van der Waals surface area contributed by atoms with Crippen molar-refractivity contribution in [1.82, 2.24) is 10.3 Å². The molecule has 3 rings (SSSR count). The standard InChI is InChI=1S/C21H20FN3O2/c22-18-12-16(13-24-11-10-15-4-2-1-3-5-15)6-8-19(18)27-20-9-7-17(14-25-20)21(23)26/h1-9,12,14,24H,10-11,13H2,(H2,23,26). The number of primary amides is 1. The van der Waals surface area contributed by atoms with Crippen LogP contribution in [0.2, 0.25) is 0 Å². The van der Waals surface area contributed by atoms with E-state index in [1.54, 1.807) is 12.1 Å². The van der Waals surface area contributed by atoms with Crippen molar-refractivity contribution in [3.63, 3.8) is 0 Å². The van der Waals surface area contributed by atoms with Crippen molar-refractivity contribution in [3.05, 3.63) is 89.4 Å². The van der Waals surface area contributed by atoms with Gasteiger partial charge in [-0.2, -0.15) is 0 Å². The fourth-order valence-electron chi connectivity index (χ4n) is 2.55. The Morgan fingerprint density at radius 3 is 2.56 bits per heavy atom. The Morgan fingerprint density at radius 1 is 1.07 bits per heavy atom. The third-order valence-electron chi connectivity index (χ3n) is 3.99. The minimum atomic E-state index is -0.579. The number of ether oxygens (including phenoxy) is 1. The fraction of sp³-hybridized carbons (Fsp3) is 0.143. The molecule has 5 nitrogen and oxygen atoms in total. The quantitative estimate of drug-likeness (QED) is 0.600. The van der Waals surface area contributed by atoms with Crippen LogP contribution in [0.5, 0.6) is 11.6 Å². The summed E-state index contributed by atoms with van der Waals surface area (Å²) in [5, 5.41) is 3.30. The summed E-state index contributed by atoms with van der Waals surface area (Å²) in [6, 6.07) is 17.9. The van der Waals surface area contributed by atoms with Crippen LogP contribution in [-0.4, -0.2) is 17.4 Å². The van der Waals surface area contributed by atoms with Gasteiger partial charge in [0.25, 0.3) is 0 Å². The summed E-state index contributed by atoms with van der Waals surface area (Å²) >= 11 is 0. The first kappa shape index (κ1) is 18.5. The lowest BCUT2D eigenvalue weighted by Gasteiger charge is -2.09. The van der Waals surface area contributed by atoms with Crippen molar-refractivity contribution in [1.29, 1.82) is 0 Å². The molecule has 0 unspecified atom stereocenters. The van der Waals surface area contributed by atoms with E-state index in [1.807, 2.05) is 18.2 Å². The molecule has 1 aromatic heterocycles. The van der Waals surface area contributed by atoms with Crippen molar-refractivity contribution in [2.24, 2.45) is 5.73 Å². The van der Waals surface area contributed by atoms with Gasteiger partial charge in [0.1, 0.15) is 0 Å². The predicted octanol–water partition coefficient (Wildman–Crippen LogP) is 3.44. The monoisotopic (exact) mass is 365 g/mol. The van der Waals surface area contributed by atoms with Gasteiger partial charge in [0, 0.05) is 18.8 Å². The molecule has 3 N–H and O–H groups in total. The van der Waals surface area contributed by atoms with Gasteiger partial charge in [-0.1, -0.05) is 36.4 Å². The van der Waals surface area contributed by atoms with Crippen LogP contribution in [0.3, 0.4) is 0 Å². The Hall–Kier alpha value is -3.25. The highest BCUT2D eigenvalue weighted by molar-refractivity contribution is 5.92. The minimum Gasteiger partial charge on any atom is -0.436 e. The third kappa shape index (κ3) is 5.36. The molecule has 0 aliphatic heterocycles. The van der Waals surface area contributed by atoms with Gasteiger partial charge in [-0.3, -0.25) is 4.79 Å². The van der Waals surface area contributed by atoms with Crippen LogP contribution in [0.15, 0.2) is 66.9 Å². The molecule has 0 atom stereocenters. The van der Waals surface area contributed by atoms with Gasteiger partial charge in [0.2, 0.25) is 11.8 Å². The van der Waals surface area contributed by atoms with Crippen molar-refractivity contribution in [2.75, 3.05) is 6.54 Å². The van der Waals surface area contributed by atoms with E-state index < -0.39 is 11.7 Å². The van der Waals surface area contributed by atoms with E-state index >= 15 is 0 Å². The number of carbonyl (C=O) groups excluding carboxylic acids is 1. The molecule has 2 aromatic carbocycles. The van der Waals surface area contributed by atoms with Gasteiger partial charge < -0.3 is 15.8 Å². The maximum Gasteiger partial charge on any atom is 0.250 e. The maximum atomic E-state index is 14.3. The summed E-state index contributed by atoms with van der Waals surface area (Å²) in [4.78, 5) is 15.0. The molecule has 0 spiro atoms. The summed E-state index contributed by atoms with van der Waals surface area (Å²) in [6.07, 6.45) is 2.21. The van der Waals surface area contributed by atoms with Crippen molar-refractivity contribution < 1.29 is 13.9 Å². The Balaban J connectivity index is 1.53. The topological polar surface area (TPSA) is 77.2 Å². The van der Waals surface area contributed by atoms with Crippen LogP contribution in [0.25, 0.3) is 0 Å². The van der Waals surface area contributed by atoms with Crippen molar-refractivity contribution in [2.45, 2.75) is 13.0 Å². The first-order valence-corrected chi connectivity index (χ1v) is 8.58. The zero-order chi connectivity index (χ0) is 19.1. The van der Waals surface area contributed by atoms with E-state index in [0.717, 1.165) is 18.5 Å². The van der Waals surface area contributed by atoms with Gasteiger partial charge >= 0.3 is 0 Å². The second-order valence-corrected chi connectivity index (χ2v) is 6.03. The maximum absolute atomic E-state index is 14.3. The molecule has 0 saturated heterocycles. The van der Waals surface area contributed by atoms with E-state index in [4.69, 9.17) is 10.5 Å². The Labute approximate surface area is 157 Å². The lowest BCUT2D eigenvalue weighted by atomic mass is 10.1. The zero-order valence-corrected chi connectivity index (χ0v) is 14.7. The Bertz CT molecular complexity index is 899. The molecule has 0 radical (unpaired) electrons. The number of nitrogens with two attached hydrogens (primary N) is 1. The molecule has 6 heteroatoms. The SMILES string of the molecule is NC(=O)c1ccc(Oc2ccc(CNCCc3ccccc3)cc2F)nc1. The number of nitrogens with zero attached hydrogens (tertiary/aromatic N) is 1. The molecular formula is C21H20FN3O2. The van der Waals surface area contributed by atoms with Gasteiger partial charge in [0.05, 0.1) is 5.56 Å². The van der Waals surface area contributed by atoms with Crippen molar-refractivity contribution in [3.8, 4) is 11.6 Å². The highest BCUT2D eigenvalue weighted by atomic mass is 19.1. The summed E-state index contributed by atoms with van der Waals surface area (Å²) in [7, 11) is 0. The van der Waals surface area contributed by atoms with Crippen LogP contribution in [-0.2, 0) is 13.0 Å². The van der Waals surface area contributed by atoms with Crippen LogP contribution in [0.4, 0.5) is 4.39 Å². The number of aromatic nitrogens is 1. The van der Waals surface area contributed by atoms with Crippen molar-refractivity contribution >= 4 is 5.91 Å². The number of hydrogen-bond donors (Lipinski definition) is 2. The fourth-order valence-corrected chi connectivity index (χ4v) is 2.55. The van der Waals surface area contributed by atoms with E-state index in [1.165, 1.54) is 30.0 Å². The molecular weight excluding hydrogens is 345 g/mol. The van der Waals surface area contributed by atoms with Gasteiger partial charge in [-0.15, -0.1) is 0 Å². The number of rotatable bonds is 8. The average molecular weight is 365 g/mol. The van der Waals surface area contributed by atoms with Gasteiger partial charge in [-0.25, -0.2) is 9.37 Å². The molecule has 0 fully saturated rings. The number of nitrogens with one attached hydrogen (secondary N) is 1. The number of amides is 1. The van der Waals surface area contributed by atoms with E-state index in [2.05, 4.69) is 22.4 Å². The van der Waals surface area contributed by atoms with Crippen LogP contribution in [0, 0.1) is 5.82 Å². The molecule has 0 bridgehead atoms. The second kappa shape index (κ2) is 8.91. The molecule has 0 aliphatic rings. The summed E-state index contributed by atoms with van der Waals surface area (Å²) < 4.78 is 19.7. The van der Waals surface area contributed by atoms with E-state index in [0.29, 0.717) is 6.54 Å². The summed E-state index contributed by atoms with van der Waals surface area (Å²) in [5.41, 5.74) is 7.50. The molecule has 138 valence electrons. The molecule has 1 amide bonds. The first-order chi connectivity index (χ1) is 13.1. The highest BCUT2D eigenvalue weighted by Crippen LogP contribution is 2.24.